The van der Waals surface area contributed by atoms with Gasteiger partial charge in [-0.05, 0) is 6.07 Å². The molecule has 0 aromatic heterocycles. The van der Waals surface area contributed by atoms with Crippen molar-refractivity contribution < 1.29 is 18.3 Å². The van der Waals surface area contributed by atoms with Gasteiger partial charge in [-0.15, -0.1) is 0 Å². The van der Waals surface area contributed by atoms with Crippen LogP contribution in [0.2, 0.25) is 0 Å². The van der Waals surface area contributed by atoms with Gasteiger partial charge in [-0.25, -0.2) is 8.78 Å². The van der Waals surface area contributed by atoms with Crippen LogP contribution in [-0.4, -0.2) is 11.7 Å². The lowest BCUT2D eigenvalue weighted by Gasteiger charge is -2.47. The van der Waals surface area contributed by atoms with E-state index in [1.54, 1.807) is 12.1 Å². The Balaban J connectivity index is 2.35. The first-order valence-corrected chi connectivity index (χ1v) is 7.37. The topological polar surface area (TPSA) is 114 Å². The van der Waals surface area contributed by atoms with Gasteiger partial charge in [-0.2, -0.15) is 15.8 Å². The smallest absolute Gasteiger partial charge is 0.214 e. The van der Waals surface area contributed by atoms with Gasteiger partial charge in [-0.1, -0.05) is 13.0 Å². The van der Waals surface area contributed by atoms with E-state index in [0.717, 1.165) is 12.1 Å². The van der Waals surface area contributed by atoms with Crippen LogP contribution in [0.25, 0.3) is 0 Å². The Morgan fingerprint density at radius 3 is 2.32 bits per heavy atom. The van der Waals surface area contributed by atoms with Crippen molar-refractivity contribution in [2.45, 2.75) is 25.7 Å². The minimum absolute atomic E-state index is 0.249. The zero-order valence-corrected chi connectivity index (χ0v) is 13.3. The van der Waals surface area contributed by atoms with Crippen LogP contribution in [0.4, 0.5) is 8.78 Å². The second-order valence-electron chi connectivity index (χ2n) is 6.28. The number of benzene rings is 1. The molecular formula is C17H12F2N4O2. The molecule has 8 heteroatoms. The number of rotatable bonds is 1. The summed E-state index contributed by atoms with van der Waals surface area (Å²) in [7, 11) is 0. The fourth-order valence-electron chi connectivity index (χ4n) is 3.70. The van der Waals surface area contributed by atoms with E-state index < -0.39 is 46.2 Å². The lowest BCUT2D eigenvalue weighted by Crippen LogP contribution is -2.57. The molecule has 0 radical (unpaired) electrons. The SMILES string of the molecule is CC1C2(C)OC(=N)C1(C#N)C(C#N)(C#N)C(c1ccc(F)cc1F)O2. The molecule has 6 nitrogen and oxygen atoms in total. The summed E-state index contributed by atoms with van der Waals surface area (Å²) in [6.07, 6.45) is -1.54. The molecule has 2 aliphatic heterocycles. The number of nitrogens with one attached hydrogen (secondary N) is 1. The summed E-state index contributed by atoms with van der Waals surface area (Å²) >= 11 is 0. The van der Waals surface area contributed by atoms with Gasteiger partial charge in [0.25, 0.3) is 0 Å². The maximum absolute atomic E-state index is 14.4. The first-order chi connectivity index (χ1) is 11.7. The number of nitrogens with zero attached hydrogens (tertiary/aromatic N) is 3. The van der Waals surface area contributed by atoms with E-state index in [2.05, 4.69) is 0 Å². The van der Waals surface area contributed by atoms with E-state index in [-0.39, 0.29) is 5.56 Å². The normalized spacial score (nSPS) is 35.2. The minimum Gasteiger partial charge on any atom is -0.448 e. The first-order valence-electron chi connectivity index (χ1n) is 7.37. The van der Waals surface area contributed by atoms with Crippen LogP contribution >= 0.6 is 0 Å². The van der Waals surface area contributed by atoms with Crippen molar-refractivity contribution in [1.29, 1.82) is 21.2 Å². The fourth-order valence-corrected chi connectivity index (χ4v) is 3.70. The average Bonchev–Trinajstić information content (AvgIpc) is 2.71. The Morgan fingerprint density at radius 1 is 1.16 bits per heavy atom. The van der Waals surface area contributed by atoms with Gasteiger partial charge in [0.2, 0.25) is 17.1 Å². The Hall–Kier alpha value is -3.02. The zero-order valence-electron chi connectivity index (χ0n) is 13.3. The maximum atomic E-state index is 14.4. The van der Waals surface area contributed by atoms with E-state index in [0.29, 0.717) is 6.07 Å². The third-order valence-electron chi connectivity index (χ3n) is 5.24. The molecule has 2 bridgehead atoms. The second-order valence-corrected chi connectivity index (χ2v) is 6.28. The molecule has 2 aliphatic rings. The predicted molar refractivity (Wildman–Crippen MR) is 78.3 cm³/mol. The van der Waals surface area contributed by atoms with Gasteiger partial charge in [0, 0.05) is 18.6 Å². The van der Waals surface area contributed by atoms with Crippen LogP contribution in [0.1, 0.15) is 25.5 Å². The standard InChI is InChI=1S/C17H12F2N4O2/c1-9-15(2)24-13(11-4-3-10(18)5-12(11)19)16(6-20,7-21)17(9,8-22)14(23)25-15/h3-5,9,13,23H,1-2H3. The van der Waals surface area contributed by atoms with Gasteiger partial charge in [0.15, 0.2) is 5.41 Å². The van der Waals surface area contributed by atoms with Crippen LogP contribution in [0.3, 0.4) is 0 Å². The Labute approximate surface area is 142 Å². The number of ether oxygens (including phenoxy) is 2. The molecule has 1 N–H and O–H groups in total. The molecule has 0 aliphatic carbocycles. The number of nitriles is 3. The quantitative estimate of drug-likeness (QED) is 0.843. The third-order valence-corrected chi connectivity index (χ3v) is 5.24. The van der Waals surface area contributed by atoms with Gasteiger partial charge in [-0.3, -0.25) is 5.41 Å². The molecule has 0 saturated carbocycles. The van der Waals surface area contributed by atoms with Crippen molar-refractivity contribution in [1.82, 2.24) is 0 Å². The Kier molecular flexibility index (Phi) is 3.36. The monoisotopic (exact) mass is 342 g/mol. The maximum Gasteiger partial charge on any atom is 0.214 e. The lowest BCUT2D eigenvalue weighted by atomic mass is 9.54. The average molecular weight is 342 g/mol. The molecule has 25 heavy (non-hydrogen) atoms. The van der Waals surface area contributed by atoms with Crippen LogP contribution in [0.5, 0.6) is 0 Å². The number of fused-ring (bicyclic) bond motifs is 2. The predicted octanol–water partition coefficient (Wildman–Crippen LogP) is 2.94. The summed E-state index contributed by atoms with van der Waals surface area (Å²) in [5, 5.41) is 37.5. The molecule has 0 amide bonds. The highest BCUT2D eigenvalue weighted by Gasteiger charge is 2.78. The molecule has 0 spiro atoms. The summed E-state index contributed by atoms with van der Waals surface area (Å²) in [6, 6.07) is 8.05. The van der Waals surface area contributed by atoms with Crippen molar-refractivity contribution in [3.05, 3.63) is 35.4 Å². The molecule has 2 heterocycles. The Morgan fingerprint density at radius 2 is 1.80 bits per heavy atom. The highest BCUT2D eigenvalue weighted by atomic mass is 19.1. The van der Waals surface area contributed by atoms with Gasteiger partial charge < -0.3 is 9.47 Å². The molecule has 3 rings (SSSR count). The number of hydrogen-bond acceptors (Lipinski definition) is 6. The molecule has 4 unspecified atom stereocenters. The summed E-state index contributed by atoms with van der Waals surface area (Å²) in [5.41, 5.74) is -4.44. The summed E-state index contributed by atoms with van der Waals surface area (Å²) in [4.78, 5) is 0. The summed E-state index contributed by atoms with van der Waals surface area (Å²) < 4.78 is 38.8. The second kappa shape index (κ2) is 4.99. The lowest BCUT2D eigenvalue weighted by molar-refractivity contribution is -0.269. The molecule has 4 atom stereocenters. The van der Waals surface area contributed by atoms with Crippen LogP contribution in [-0.2, 0) is 9.47 Å². The molecule has 1 aromatic carbocycles. The minimum atomic E-state index is -2.24. The van der Waals surface area contributed by atoms with Crippen molar-refractivity contribution in [2.24, 2.45) is 16.7 Å². The van der Waals surface area contributed by atoms with E-state index >= 15 is 0 Å². The Bertz CT molecular complexity index is 899. The third kappa shape index (κ3) is 1.74. The fraction of sp³-hybridized carbons (Fsp3) is 0.412. The van der Waals surface area contributed by atoms with Crippen molar-refractivity contribution in [3.63, 3.8) is 0 Å². The van der Waals surface area contributed by atoms with Crippen LogP contribution < -0.4 is 0 Å². The summed E-state index contributed by atoms with van der Waals surface area (Å²) in [5.74, 6) is -4.76. The molecule has 126 valence electrons. The van der Waals surface area contributed by atoms with Crippen molar-refractivity contribution >= 4 is 5.90 Å². The zero-order chi connectivity index (χ0) is 18.6. The van der Waals surface area contributed by atoms with Crippen LogP contribution in [0, 0.1) is 67.8 Å². The summed E-state index contributed by atoms with van der Waals surface area (Å²) in [6.45, 7) is 2.99. The van der Waals surface area contributed by atoms with Gasteiger partial charge in [0.1, 0.15) is 17.7 Å². The highest BCUT2D eigenvalue weighted by molar-refractivity contribution is 5.89. The van der Waals surface area contributed by atoms with Gasteiger partial charge in [0.05, 0.1) is 24.1 Å². The number of hydrogen-bond donors (Lipinski definition) is 1. The molecular weight excluding hydrogens is 330 g/mol. The number of halogens is 2. The molecule has 1 aromatic rings. The van der Waals surface area contributed by atoms with E-state index in [1.807, 2.05) is 6.07 Å². The van der Waals surface area contributed by atoms with Crippen LogP contribution in [0.15, 0.2) is 18.2 Å². The van der Waals surface area contributed by atoms with Crippen molar-refractivity contribution in [3.8, 4) is 18.2 Å². The van der Waals surface area contributed by atoms with Crippen molar-refractivity contribution in [2.75, 3.05) is 0 Å². The van der Waals surface area contributed by atoms with E-state index in [1.165, 1.54) is 13.8 Å². The first kappa shape index (κ1) is 16.8. The van der Waals surface area contributed by atoms with E-state index in [4.69, 9.17) is 14.9 Å². The molecule has 2 fully saturated rings. The molecule has 2 saturated heterocycles. The van der Waals surface area contributed by atoms with E-state index in [9.17, 15) is 24.6 Å². The van der Waals surface area contributed by atoms with Gasteiger partial charge >= 0.3 is 0 Å². The highest BCUT2D eigenvalue weighted by Crippen LogP contribution is 2.66. The largest absolute Gasteiger partial charge is 0.448 e.